The lowest BCUT2D eigenvalue weighted by atomic mass is 10.2. The number of methoxy groups -OCH3 is 1. The number of esters is 1. The van der Waals surface area contributed by atoms with Crippen molar-refractivity contribution in [3.8, 4) is 5.75 Å². The molecule has 0 radical (unpaired) electrons. The van der Waals surface area contributed by atoms with Gasteiger partial charge in [-0.25, -0.2) is 4.79 Å². The van der Waals surface area contributed by atoms with Gasteiger partial charge in [0.15, 0.2) is 5.58 Å². The van der Waals surface area contributed by atoms with Crippen LogP contribution in [0.2, 0.25) is 5.02 Å². The van der Waals surface area contributed by atoms with Crippen LogP contribution >= 0.6 is 11.6 Å². The summed E-state index contributed by atoms with van der Waals surface area (Å²) in [5.74, 6) is -0.187. The molecule has 0 fully saturated rings. The van der Waals surface area contributed by atoms with Crippen LogP contribution in [0.25, 0.3) is 11.1 Å². The van der Waals surface area contributed by atoms with Crippen molar-refractivity contribution in [1.82, 2.24) is 4.57 Å². The van der Waals surface area contributed by atoms with Crippen molar-refractivity contribution in [1.29, 1.82) is 0 Å². The van der Waals surface area contributed by atoms with E-state index in [9.17, 15) is 9.59 Å². The second-order valence-corrected chi connectivity index (χ2v) is 5.83. The quantitative estimate of drug-likeness (QED) is 0.629. The highest BCUT2D eigenvalue weighted by atomic mass is 35.5. The molecule has 0 saturated heterocycles. The van der Waals surface area contributed by atoms with Crippen molar-refractivity contribution in [2.24, 2.45) is 0 Å². The molecular weight excluding hydrogens is 346 g/mol. The minimum absolute atomic E-state index is 0.0628. The fourth-order valence-corrected chi connectivity index (χ4v) is 2.57. The number of nitrogens with zero attached hydrogens (tertiary/aromatic N) is 1. The van der Waals surface area contributed by atoms with Crippen LogP contribution in [0.15, 0.2) is 51.7 Å². The fourth-order valence-electron chi connectivity index (χ4n) is 2.41. The van der Waals surface area contributed by atoms with Gasteiger partial charge < -0.3 is 13.9 Å². The van der Waals surface area contributed by atoms with Crippen LogP contribution in [-0.2, 0) is 22.7 Å². The lowest BCUT2D eigenvalue weighted by Gasteiger charge is -2.06. The number of hydrogen-bond acceptors (Lipinski definition) is 5. The first kappa shape index (κ1) is 17.1. The smallest absolute Gasteiger partial charge is 0.419 e. The Morgan fingerprint density at radius 3 is 2.68 bits per heavy atom. The number of aromatic nitrogens is 1. The molecule has 130 valence electrons. The fraction of sp³-hybridized carbons (Fsp3) is 0.222. The molecule has 0 N–H and O–H groups in total. The molecule has 2 aromatic carbocycles. The SMILES string of the molecule is COc1ccc(COC(=O)CCn2c(=O)oc3cc(Cl)ccc32)cc1. The molecule has 0 aliphatic rings. The van der Waals surface area contributed by atoms with E-state index in [1.54, 1.807) is 37.4 Å². The zero-order valence-corrected chi connectivity index (χ0v) is 14.3. The Kier molecular flexibility index (Phi) is 5.09. The number of carbonyl (C=O) groups is 1. The Morgan fingerprint density at radius 2 is 1.96 bits per heavy atom. The third-order valence-corrected chi connectivity index (χ3v) is 3.96. The lowest BCUT2D eigenvalue weighted by molar-refractivity contribution is -0.145. The first-order chi connectivity index (χ1) is 12.1. The Bertz CT molecular complexity index is 942. The van der Waals surface area contributed by atoms with Crippen molar-refractivity contribution >= 4 is 28.7 Å². The number of carbonyl (C=O) groups excluding carboxylic acids is 1. The summed E-state index contributed by atoms with van der Waals surface area (Å²) in [6, 6.07) is 12.2. The monoisotopic (exact) mass is 361 g/mol. The Hall–Kier alpha value is -2.73. The van der Waals surface area contributed by atoms with Gasteiger partial charge in [-0.05, 0) is 29.8 Å². The maximum absolute atomic E-state index is 11.9. The zero-order chi connectivity index (χ0) is 17.8. The van der Waals surface area contributed by atoms with Crippen LogP contribution in [0.5, 0.6) is 5.75 Å². The summed E-state index contributed by atoms with van der Waals surface area (Å²) in [6.45, 7) is 0.342. The summed E-state index contributed by atoms with van der Waals surface area (Å²) in [6.07, 6.45) is 0.0628. The molecule has 6 nitrogen and oxygen atoms in total. The number of ether oxygens (including phenoxy) is 2. The minimum Gasteiger partial charge on any atom is -0.497 e. The van der Waals surface area contributed by atoms with Gasteiger partial charge >= 0.3 is 11.7 Å². The van der Waals surface area contributed by atoms with Crippen molar-refractivity contribution in [2.75, 3.05) is 7.11 Å². The highest BCUT2D eigenvalue weighted by molar-refractivity contribution is 6.31. The molecule has 1 aromatic heterocycles. The first-order valence-corrected chi connectivity index (χ1v) is 8.02. The van der Waals surface area contributed by atoms with E-state index >= 15 is 0 Å². The van der Waals surface area contributed by atoms with Gasteiger partial charge in [-0.3, -0.25) is 9.36 Å². The summed E-state index contributed by atoms with van der Waals surface area (Å²) < 4.78 is 16.8. The number of hydrogen-bond donors (Lipinski definition) is 0. The highest BCUT2D eigenvalue weighted by Gasteiger charge is 2.12. The Morgan fingerprint density at radius 1 is 1.20 bits per heavy atom. The predicted molar refractivity (Wildman–Crippen MR) is 92.9 cm³/mol. The number of halogens is 1. The predicted octanol–water partition coefficient (Wildman–Crippen LogP) is 3.39. The topological polar surface area (TPSA) is 70.7 Å². The second kappa shape index (κ2) is 7.44. The van der Waals surface area contributed by atoms with Crippen LogP contribution in [0.3, 0.4) is 0 Å². The van der Waals surface area contributed by atoms with Crippen molar-refractivity contribution in [2.45, 2.75) is 19.6 Å². The largest absolute Gasteiger partial charge is 0.497 e. The van der Waals surface area contributed by atoms with Crippen LogP contribution in [0.4, 0.5) is 0 Å². The third kappa shape index (κ3) is 4.03. The van der Waals surface area contributed by atoms with Crippen LogP contribution < -0.4 is 10.5 Å². The molecular formula is C18H16ClNO5. The summed E-state index contributed by atoms with van der Waals surface area (Å²) >= 11 is 5.87. The number of aryl methyl sites for hydroxylation is 1. The Labute approximate surface area is 148 Å². The molecule has 3 rings (SSSR count). The molecule has 0 amide bonds. The average molecular weight is 362 g/mol. The van der Waals surface area contributed by atoms with E-state index in [1.807, 2.05) is 12.1 Å². The molecule has 0 aliphatic carbocycles. The lowest BCUT2D eigenvalue weighted by Crippen LogP contribution is -2.17. The van der Waals surface area contributed by atoms with Crippen LogP contribution in [-0.4, -0.2) is 17.6 Å². The summed E-state index contributed by atoms with van der Waals surface area (Å²) in [5.41, 5.74) is 1.84. The van der Waals surface area contributed by atoms with E-state index in [4.69, 9.17) is 25.5 Å². The van der Waals surface area contributed by atoms with Gasteiger partial charge in [-0.15, -0.1) is 0 Å². The molecule has 0 bridgehead atoms. The summed E-state index contributed by atoms with van der Waals surface area (Å²) in [7, 11) is 1.59. The molecule has 0 atom stereocenters. The van der Waals surface area contributed by atoms with Crippen LogP contribution in [0.1, 0.15) is 12.0 Å². The first-order valence-electron chi connectivity index (χ1n) is 7.64. The van der Waals surface area contributed by atoms with E-state index < -0.39 is 11.7 Å². The molecule has 7 heteroatoms. The van der Waals surface area contributed by atoms with Gasteiger partial charge in [-0.1, -0.05) is 23.7 Å². The van der Waals surface area contributed by atoms with Crippen molar-refractivity contribution < 1.29 is 18.7 Å². The average Bonchev–Trinajstić information content (AvgIpc) is 2.92. The van der Waals surface area contributed by atoms with Gasteiger partial charge in [0, 0.05) is 17.6 Å². The van der Waals surface area contributed by atoms with Crippen molar-refractivity contribution in [3.05, 3.63) is 63.6 Å². The molecule has 3 aromatic rings. The van der Waals surface area contributed by atoms with Gasteiger partial charge in [0.05, 0.1) is 19.0 Å². The molecule has 25 heavy (non-hydrogen) atoms. The number of benzene rings is 2. The molecule has 0 spiro atoms. The molecule has 0 saturated carbocycles. The van der Waals surface area contributed by atoms with E-state index in [2.05, 4.69) is 0 Å². The summed E-state index contributed by atoms with van der Waals surface area (Å²) in [5, 5.41) is 0.479. The number of rotatable bonds is 6. The molecule has 0 unspecified atom stereocenters. The van der Waals surface area contributed by atoms with E-state index in [-0.39, 0.29) is 19.6 Å². The van der Waals surface area contributed by atoms with Gasteiger partial charge in [0.25, 0.3) is 0 Å². The summed E-state index contributed by atoms with van der Waals surface area (Å²) in [4.78, 5) is 23.8. The van der Waals surface area contributed by atoms with E-state index in [1.165, 1.54) is 4.57 Å². The zero-order valence-electron chi connectivity index (χ0n) is 13.5. The van der Waals surface area contributed by atoms with Crippen LogP contribution in [0, 0.1) is 0 Å². The van der Waals surface area contributed by atoms with Gasteiger partial charge in [-0.2, -0.15) is 0 Å². The number of fused-ring (bicyclic) bond motifs is 1. The molecule has 0 aliphatic heterocycles. The maximum atomic E-state index is 11.9. The van der Waals surface area contributed by atoms with Gasteiger partial charge in [0.1, 0.15) is 12.4 Å². The van der Waals surface area contributed by atoms with E-state index in [0.29, 0.717) is 16.1 Å². The number of oxazole rings is 1. The highest BCUT2D eigenvalue weighted by Crippen LogP contribution is 2.18. The third-order valence-electron chi connectivity index (χ3n) is 3.73. The second-order valence-electron chi connectivity index (χ2n) is 5.39. The Balaban J connectivity index is 1.59. The normalized spacial score (nSPS) is 10.8. The maximum Gasteiger partial charge on any atom is 0.419 e. The van der Waals surface area contributed by atoms with Crippen molar-refractivity contribution in [3.63, 3.8) is 0 Å². The minimum atomic E-state index is -0.528. The van der Waals surface area contributed by atoms with Gasteiger partial charge in [0.2, 0.25) is 0 Å². The van der Waals surface area contributed by atoms with E-state index in [0.717, 1.165) is 11.3 Å². The standard InChI is InChI=1S/C18H16ClNO5/c1-23-14-5-2-12(3-6-14)11-24-17(21)8-9-20-15-7-4-13(19)10-16(15)25-18(20)22/h2-7,10H,8-9,11H2,1H3. The molecule has 1 heterocycles.